The standard InChI is InChI=1S/C15H20N8O/c24-15-6-11(20-14-3-5-19-23(14)15)7-17-9-13-10-18-21-22(13)12-2-1-4-16-8-12/h3,5-6,10,12,16-17,19H,1-2,4,7-9H2. The lowest BCUT2D eigenvalue weighted by atomic mass is 10.1. The number of nitrogens with one attached hydrogen (secondary N) is 3. The molecule has 4 rings (SSSR count). The Bertz CT molecular complexity index is 873. The van der Waals surface area contributed by atoms with Crippen molar-refractivity contribution in [2.45, 2.75) is 32.0 Å². The van der Waals surface area contributed by atoms with Gasteiger partial charge in [0.1, 0.15) is 0 Å². The molecule has 0 radical (unpaired) electrons. The molecule has 0 bridgehead atoms. The predicted molar refractivity (Wildman–Crippen MR) is 87.5 cm³/mol. The molecule has 0 aromatic carbocycles. The van der Waals surface area contributed by atoms with Crippen molar-refractivity contribution in [2.75, 3.05) is 13.1 Å². The Morgan fingerprint density at radius 2 is 2.33 bits per heavy atom. The Balaban J connectivity index is 1.42. The first kappa shape index (κ1) is 15.0. The molecule has 0 amide bonds. The van der Waals surface area contributed by atoms with E-state index in [1.165, 1.54) is 10.6 Å². The Kier molecular flexibility index (Phi) is 4.09. The third-order valence-corrected chi connectivity index (χ3v) is 4.31. The molecule has 1 unspecified atom stereocenters. The topological polar surface area (TPSA) is 105 Å². The monoisotopic (exact) mass is 328 g/mol. The highest BCUT2D eigenvalue weighted by Crippen LogP contribution is 2.16. The molecule has 1 atom stereocenters. The number of piperidine rings is 1. The average Bonchev–Trinajstić information content (AvgIpc) is 3.25. The lowest BCUT2D eigenvalue weighted by Crippen LogP contribution is -2.33. The van der Waals surface area contributed by atoms with E-state index in [-0.39, 0.29) is 5.56 Å². The van der Waals surface area contributed by atoms with Gasteiger partial charge in [-0.1, -0.05) is 5.21 Å². The fraction of sp³-hybridized carbons (Fsp3) is 0.467. The first-order chi connectivity index (χ1) is 11.8. The van der Waals surface area contributed by atoms with Gasteiger partial charge in [-0.25, -0.2) is 14.2 Å². The lowest BCUT2D eigenvalue weighted by Gasteiger charge is -2.24. The average molecular weight is 328 g/mol. The fourth-order valence-electron chi connectivity index (χ4n) is 3.13. The van der Waals surface area contributed by atoms with Crippen molar-refractivity contribution in [3.8, 4) is 0 Å². The van der Waals surface area contributed by atoms with Gasteiger partial charge in [0.2, 0.25) is 0 Å². The first-order valence-electron chi connectivity index (χ1n) is 8.18. The van der Waals surface area contributed by atoms with Crippen LogP contribution in [0.4, 0.5) is 0 Å². The van der Waals surface area contributed by atoms with Gasteiger partial charge in [-0.2, -0.15) is 0 Å². The molecule has 3 aromatic heterocycles. The normalized spacial score (nSPS) is 18.2. The van der Waals surface area contributed by atoms with Crippen molar-refractivity contribution in [3.63, 3.8) is 0 Å². The zero-order chi connectivity index (χ0) is 16.4. The maximum atomic E-state index is 11.9. The molecule has 3 N–H and O–H groups in total. The molecule has 0 saturated carbocycles. The quantitative estimate of drug-likeness (QED) is 0.600. The van der Waals surface area contributed by atoms with Crippen LogP contribution in [0.15, 0.2) is 29.3 Å². The zero-order valence-corrected chi connectivity index (χ0v) is 13.3. The number of H-pyrrole nitrogens is 1. The molecule has 1 fully saturated rings. The molecule has 0 spiro atoms. The summed E-state index contributed by atoms with van der Waals surface area (Å²) in [5.74, 6) is 0. The number of hydrogen-bond donors (Lipinski definition) is 3. The van der Waals surface area contributed by atoms with E-state index in [1.807, 2.05) is 4.68 Å². The molecule has 4 heterocycles. The van der Waals surface area contributed by atoms with Gasteiger partial charge in [-0.15, -0.1) is 5.10 Å². The van der Waals surface area contributed by atoms with Crippen molar-refractivity contribution in [3.05, 3.63) is 46.3 Å². The smallest absolute Gasteiger partial charge is 0.272 e. The van der Waals surface area contributed by atoms with Gasteiger partial charge in [0.05, 0.1) is 23.6 Å². The maximum Gasteiger partial charge on any atom is 0.272 e. The largest absolute Gasteiger partial charge is 0.315 e. The highest BCUT2D eigenvalue weighted by Gasteiger charge is 2.18. The molecule has 1 aliphatic rings. The predicted octanol–water partition coefficient (Wildman–Crippen LogP) is -0.172. The Morgan fingerprint density at radius 1 is 1.38 bits per heavy atom. The molecule has 24 heavy (non-hydrogen) atoms. The second-order valence-electron chi connectivity index (χ2n) is 6.02. The number of aromatic nitrogens is 6. The van der Waals surface area contributed by atoms with Crippen LogP contribution in [-0.4, -0.2) is 42.7 Å². The van der Waals surface area contributed by atoms with E-state index in [0.717, 1.165) is 37.3 Å². The summed E-state index contributed by atoms with van der Waals surface area (Å²) < 4.78 is 3.41. The van der Waals surface area contributed by atoms with E-state index in [0.29, 0.717) is 24.8 Å². The molecular weight excluding hydrogens is 308 g/mol. The van der Waals surface area contributed by atoms with Crippen molar-refractivity contribution in [2.24, 2.45) is 0 Å². The minimum absolute atomic E-state index is 0.109. The van der Waals surface area contributed by atoms with Crippen LogP contribution < -0.4 is 16.2 Å². The molecule has 1 aliphatic heterocycles. The van der Waals surface area contributed by atoms with E-state index < -0.39 is 0 Å². The molecule has 126 valence electrons. The Morgan fingerprint density at radius 3 is 3.21 bits per heavy atom. The third-order valence-electron chi connectivity index (χ3n) is 4.31. The SMILES string of the molecule is O=c1cc(CNCc2cnnn2C2CCCNC2)nc2cc[nH]n12. The summed E-state index contributed by atoms with van der Waals surface area (Å²) >= 11 is 0. The van der Waals surface area contributed by atoms with Crippen LogP contribution in [0.5, 0.6) is 0 Å². The summed E-state index contributed by atoms with van der Waals surface area (Å²) in [6.45, 7) is 3.16. The highest BCUT2D eigenvalue weighted by atomic mass is 16.1. The van der Waals surface area contributed by atoms with Crippen molar-refractivity contribution in [1.82, 2.24) is 40.2 Å². The molecule has 9 nitrogen and oxygen atoms in total. The first-order valence-corrected chi connectivity index (χ1v) is 8.18. The molecule has 9 heteroatoms. The summed E-state index contributed by atoms with van der Waals surface area (Å²) in [6, 6.07) is 3.67. The molecule has 3 aromatic rings. The van der Waals surface area contributed by atoms with E-state index in [1.54, 1.807) is 18.5 Å². The Labute approximate surface area is 138 Å². The van der Waals surface area contributed by atoms with E-state index in [4.69, 9.17) is 0 Å². The van der Waals surface area contributed by atoms with E-state index in [2.05, 4.69) is 31.0 Å². The highest BCUT2D eigenvalue weighted by molar-refractivity contribution is 5.36. The van der Waals surface area contributed by atoms with Gasteiger partial charge in [0.15, 0.2) is 5.65 Å². The molecule has 0 aliphatic carbocycles. The van der Waals surface area contributed by atoms with Crippen molar-refractivity contribution < 1.29 is 0 Å². The van der Waals surface area contributed by atoms with Crippen LogP contribution in [0, 0.1) is 0 Å². The van der Waals surface area contributed by atoms with Crippen LogP contribution in [0.3, 0.4) is 0 Å². The summed E-state index contributed by atoms with van der Waals surface area (Å²) in [4.78, 5) is 16.4. The fourth-order valence-corrected chi connectivity index (χ4v) is 3.13. The van der Waals surface area contributed by atoms with Crippen LogP contribution in [0.25, 0.3) is 5.65 Å². The van der Waals surface area contributed by atoms with Crippen LogP contribution in [0.1, 0.15) is 30.3 Å². The molecule has 1 saturated heterocycles. The van der Waals surface area contributed by atoms with Gasteiger partial charge in [-0.05, 0) is 19.4 Å². The minimum Gasteiger partial charge on any atom is -0.315 e. The number of nitrogens with zero attached hydrogens (tertiary/aromatic N) is 5. The Hall–Kier alpha value is -2.52. The van der Waals surface area contributed by atoms with Gasteiger partial charge in [0.25, 0.3) is 5.56 Å². The third kappa shape index (κ3) is 2.95. The minimum atomic E-state index is -0.109. The number of hydrogen-bond acceptors (Lipinski definition) is 6. The second kappa shape index (κ2) is 6.54. The van der Waals surface area contributed by atoms with Gasteiger partial charge in [0, 0.05) is 38.0 Å². The van der Waals surface area contributed by atoms with E-state index >= 15 is 0 Å². The van der Waals surface area contributed by atoms with E-state index in [9.17, 15) is 4.79 Å². The maximum absolute atomic E-state index is 11.9. The summed E-state index contributed by atoms with van der Waals surface area (Å²) in [7, 11) is 0. The van der Waals surface area contributed by atoms with Crippen LogP contribution in [0.2, 0.25) is 0 Å². The zero-order valence-electron chi connectivity index (χ0n) is 13.3. The van der Waals surface area contributed by atoms with Gasteiger partial charge in [-0.3, -0.25) is 9.89 Å². The van der Waals surface area contributed by atoms with Crippen molar-refractivity contribution in [1.29, 1.82) is 0 Å². The van der Waals surface area contributed by atoms with Crippen LogP contribution in [-0.2, 0) is 13.1 Å². The summed E-state index contributed by atoms with van der Waals surface area (Å²) in [6.07, 6.45) is 5.76. The summed E-state index contributed by atoms with van der Waals surface area (Å²) in [5.41, 5.74) is 2.28. The number of rotatable bonds is 5. The number of fused-ring (bicyclic) bond motifs is 1. The van der Waals surface area contributed by atoms with Crippen LogP contribution >= 0.6 is 0 Å². The van der Waals surface area contributed by atoms with Gasteiger partial charge >= 0.3 is 0 Å². The van der Waals surface area contributed by atoms with Gasteiger partial charge < -0.3 is 10.6 Å². The lowest BCUT2D eigenvalue weighted by molar-refractivity contribution is 0.331. The number of aromatic amines is 1. The second-order valence-corrected chi connectivity index (χ2v) is 6.02. The summed E-state index contributed by atoms with van der Waals surface area (Å²) in [5, 5.41) is 17.8. The van der Waals surface area contributed by atoms with Crippen molar-refractivity contribution >= 4 is 5.65 Å². The molecular formula is C15H20N8O.